The van der Waals surface area contributed by atoms with Crippen LogP contribution in [-0.2, 0) is 14.4 Å². The average molecular weight is 367 g/mol. The van der Waals surface area contributed by atoms with Crippen molar-refractivity contribution in [3.8, 4) is 0 Å². The Labute approximate surface area is 156 Å². The number of hydrogen-bond donors (Lipinski definition) is 3. The highest BCUT2D eigenvalue weighted by molar-refractivity contribution is 5.85. The Kier molecular flexibility index (Phi) is 8.88. The maximum atomic E-state index is 12.5. The first-order chi connectivity index (χ1) is 12.6. The second-order valence-corrected chi connectivity index (χ2v) is 7.55. The van der Waals surface area contributed by atoms with E-state index in [0.717, 1.165) is 25.7 Å². The molecule has 0 radical (unpaired) electrons. The van der Waals surface area contributed by atoms with Crippen LogP contribution in [0.15, 0.2) is 0 Å². The second kappa shape index (κ2) is 11.2. The van der Waals surface area contributed by atoms with Crippen LogP contribution in [0.1, 0.15) is 64.2 Å². The van der Waals surface area contributed by atoms with Gasteiger partial charge in [0.25, 0.3) is 0 Å². The zero-order valence-electron chi connectivity index (χ0n) is 15.8. The lowest BCUT2D eigenvalue weighted by Gasteiger charge is -2.36. The molecule has 7 nitrogen and oxygen atoms in total. The molecule has 3 amide bonds. The molecule has 148 valence electrons. The Bertz CT molecular complexity index is 477. The van der Waals surface area contributed by atoms with Gasteiger partial charge in [-0.2, -0.15) is 0 Å². The van der Waals surface area contributed by atoms with Gasteiger partial charge in [-0.25, -0.2) is 0 Å². The van der Waals surface area contributed by atoms with Gasteiger partial charge in [0.15, 0.2) is 0 Å². The van der Waals surface area contributed by atoms with E-state index in [9.17, 15) is 14.4 Å². The van der Waals surface area contributed by atoms with Gasteiger partial charge < -0.3 is 21.3 Å². The van der Waals surface area contributed by atoms with Gasteiger partial charge in [0.05, 0.1) is 6.54 Å². The predicted octanol–water partition coefficient (Wildman–Crippen LogP) is 0.919. The normalized spacial score (nSPS) is 20.8. The number of rotatable bonds is 9. The molecule has 1 unspecified atom stereocenters. The molecule has 0 bridgehead atoms. The number of likely N-dealkylation sites (tertiary alicyclic amines) is 1. The molecule has 2 aliphatic rings. The molecule has 2 fully saturated rings. The van der Waals surface area contributed by atoms with Crippen molar-refractivity contribution in [3.63, 3.8) is 0 Å². The van der Waals surface area contributed by atoms with Crippen molar-refractivity contribution in [3.05, 3.63) is 0 Å². The van der Waals surface area contributed by atoms with Gasteiger partial charge in [0, 0.05) is 38.5 Å². The maximum Gasteiger partial charge on any atom is 0.242 e. The first-order valence-corrected chi connectivity index (χ1v) is 10.1. The minimum absolute atomic E-state index is 0.00775. The standard InChI is InChI=1S/C19H34N4O3/c20-11-10-18(25)21-13-16-7-3-4-12-23(16)19(26)14-22-17(24)9-8-15-5-1-2-6-15/h15-16H,1-14,20H2,(H,21,25)(H,22,24). The van der Waals surface area contributed by atoms with Crippen LogP contribution in [0.2, 0.25) is 0 Å². The highest BCUT2D eigenvalue weighted by Crippen LogP contribution is 2.28. The molecule has 4 N–H and O–H groups in total. The van der Waals surface area contributed by atoms with Crippen molar-refractivity contribution in [1.82, 2.24) is 15.5 Å². The van der Waals surface area contributed by atoms with Crippen molar-refractivity contribution in [2.24, 2.45) is 11.7 Å². The molecule has 26 heavy (non-hydrogen) atoms. The van der Waals surface area contributed by atoms with Crippen molar-refractivity contribution in [2.45, 2.75) is 70.3 Å². The SMILES string of the molecule is NCCC(=O)NCC1CCCCN1C(=O)CNC(=O)CCC1CCCC1. The molecule has 0 spiro atoms. The van der Waals surface area contributed by atoms with Crippen LogP contribution < -0.4 is 16.4 Å². The highest BCUT2D eigenvalue weighted by Gasteiger charge is 2.27. The molecule has 2 rings (SSSR count). The topological polar surface area (TPSA) is 105 Å². The Morgan fingerprint density at radius 2 is 1.62 bits per heavy atom. The minimum Gasteiger partial charge on any atom is -0.354 e. The molecule has 7 heteroatoms. The second-order valence-electron chi connectivity index (χ2n) is 7.55. The molecule has 1 saturated heterocycles. The largest absolute Gasteiger partial charge is 0.354 e. The Hall–Kier alpha value is -1.63. The monoisotopic (exact) mass is 366 g/mol. The van der Waals surface area contributed by atoms with Gasteiger partial charge >= 0.3 is 0 Å². The number of nitrogens with two attached hydrogens (primary N) is 1. The molecule has 1 aliphatic carbocycles. The van der Waals surface area contributed by atoms with E-state index in [1.807, 2.05) is 4.90 Å². The van der Waals surface area contributed by atoms with Crippen LogP contribution in [0.3, 0.4) is 0 Å². The van der Waals surface area contributed by atoms with E-state index in [1.165, 1.54) is 25.7 Å². The van der Waals surface area contributed by atoms with Gasteiger partial charge in [0.2, 0.25) is 17.7 Å². The molecular formula is C19H34N4O3. The van der Waals surface area contributed by atoms with E-state index in [2.05, 4.69) is 10.6 Å². The van der Waals surface area contributed by atoms with E-state index in [1.54, 1.807) is 0 Å². The summed E-state index contributed by atoms with van der Waals surface area (Å²) in [4.78, 5) is 37.9. The number of amides is 3. The van der Waals surface area contributed by atoms with Crippen molar-refractivity contribution in [2.75, 3.05) is 26.2 Å². The van der Waals surface area contributed by atoms with Gasteiger partial charge in [0.1, 0.15) is 0 Å². The van der Waals surface area contributed by atoms with Crippen molar-refractivity contribution < 1.29 is 14.4 Å². The fourth-order valence-electron chi connectivity index (χ4n) is 3.99. The fraction of sp³-hybridized carbons (Fsp3) is 0.842. The van der Waals surface area contributed by atoms with Crippen LogP contribution in [-0.4, -0.2) is 54.8 Å². The Morgan fingerprint density at radius 1 is 0.923 bits per heavy atom. The first kappa shape index (κ1) is 20.7. The summed E-state index contributed by atoms with van der Waals surface area (Å²) in [6.45, 7) is 1.52. The van der Waals surface area contributed by atoms with Crippen molar-refractivity contribution >= 4 is 17.7 Å². The number of nitrogens with zero attached hydrogens (tertiary/aromatic N) is 1. The smallest absolute Gasteiger partial charge is 0.242 e. The third kappa shape index (κ3) is 6.94. The average Bonchev–Trinajstić information content (AvgIpc) is 3.17. The highest BCUT2D eigenvalue weighted by atomic mass is 16.2. The quantitative estimate of drug-likeness (QED) is 0.564. The lowest BCUT2D eigenvalue weighted by Crippen LogP contribution is -2.52. The lowest BCUT2D eigenvalue weighted by atomic mass is 10.0. The van der Waals surface area contributed by atoms with E-state index in [-0.39, 0.29) is 30.3 Å². The summed E-state index contributed by atoms with van der Waals surface area (Å²) in [6.07, 6.45) is 9.67. The van der Waals surface area contributed by atoms with Crippen LogP contribution in [0.5, 0.6) is 0 Å². The number of carbonyl (C=O) groups is 3. The number of nitrogens with one attached hydrogen (secondary N) is 2. The Balaban J connectivity index is 1.70. The summed E-state index contributed by atoms with van der Waals surface area (Å²) >= 11 is 0. The molecule has 1 aliphatic heterocycles. The van der Waals surface area contributed by atoms with Crippen LogP contribution in [0.4, 0.5) is 0 Å². The zero-order chi connectivity index (χ0) is 18.8. The summed E-state index contributed by atoms with van der Waals surface area (Å²) in [5.74, 6) is 0.512. The van der Waals surface area contributed by atoms with Gasteiger partial charge in [-0.05, 0) is 31.6 Å². The predicted molar refractivity (Wildman–Crippen MR) is 100 cm³/mol. The van der Waals surface area contributed by atoms with Crippen LogP contribution in [0, 0.1) is 5.92 Å². The van der Waals surface area contributed by atoms with Gasteiger partial charge in [-0.15, -0.1) is 0 Å². The van der Waals surface area contributed by atoms with E-state index in [0.29, 0.717) is 38.4 Å². The van der Waals surface area contributed by atoms with E-state index < -0.39 is 0 Å². The summed E-state index contributed by atoms with van der Waals surface area (Å²) in [7, 11) is 0. The number of piperidine rings is 1. The van der Waals surface area contributed by atoms with Crippen molar-refractivity contribution in [1.29, 1.82) is 0 Å². The molecule has 1 heterocycles. The van der Waals surface area contributed by atoms with Crippen LogP contribution in [0.25, 0.3) is 0 Å². The summed E-state index contributed by atoms with van der Waals surface area (Å²) < 4.78 is 0. The minimum atomic E-state index is -0.0781. The number of carbonyl (C=O) groups excluding carboxylic acids is 3. The zero-order valence-corrected chi connectivity index (χ0v) is 15.8. The molecule has 1 atom stereocenters. The summed E-state index contributed by atoms with van der Waals surface area (Å²) in [5.41, 5.74) is 5.38. The molecule has 1 saturated carbocycles. The lowest BCUT2D eigenvalue weighted by molar-refractivity contribution is -0.136. The Morgan fingerprint density at radius 3 is 2.35 bits per heavy atom. The first-order valence-electron chi connectivity index (χ1n) is 10.1. The third-order valence-electron chi connectivity index (χ3n) is 5.54. The molecular weight excluding hydrogens is 332 g/mol. The van der Waals surface area contributed by atoms with E-state index >= 15 is 0 Å². The molecule has 0 aromatic rings. The summed E-state index contributed by atoms with van der Waals surface area (Å²) in [5, 5.41) is 5.63. The fourth-order valence-corrected chi connectivity index (χ4v) is 3.99. The molecule has 0 aromatic carbocycles. The summed E-state index contributed by atoms with van der Waals surface area (Å²) in [6, 6.07) is 0.00775. The number of hydrogen-bond acceptors (Lipinski definition) is 4. The third-order valence-corrected chi connectivity index (χ3v) is 5.54. The molecule has 0 aromatic heterocycles. The maximum absolute atomic E-state index is 12.5. The van der Waals surface area contributed by atoms with Gasteiger partial charge in [-0.3, -0.25) is 14.4 Å². The van der Waals surface area contributed by atoms with Crippen LogP contribution >= 0.6 is 0 Å². The van der Waals surface area contributed by atoms with Gasteiger partial charge in [-0.1, -0.05) is 25.7 Å². The van der Waals surface area contributed by atoms with E-state index in [4.69, 9.17) is 5.73 Å².